The van der Waals surface area contributed by atoms with Gasteiger partial charge < -0.3 is 0 Å². The van der Waals surface area contributed by atoms with E-state index in [1.165, 1.54) is 41.9 Å². The number of aromatic nitrogens is 2. The standard InChI is InChI=1S/C22H25N3OS/c1-14-5-3-10-25(22(14)26)17-7-8-19-20(13-17)27-21(23-19)16-11-18(12-16)24-9-4-6-15(24)2/h3,5,7-8,10,13,15-16,18H,4,6,9,11-12H2,1-2H3. The number of hydrogen-bond donors (Lipinski definition) is 0. The van der Waals surface area contributed by atoms with Crippen LogP contribution in [0.2, 0.25) is 0 Å². The molecule has 0 amide bonds. The third-order valence-corrected chi connectivity index (χ3v) is 7.52. The Balaban J connectivity index is 1.39. The molecule has 3 heterocycles. The minimum atomic E-state index is 0.0446. The first kappa shape index (κ1) is 17.1. The number of rotatable bonds is 3. The van der Waals surface area contributed by atoms with E-state index in [4.69, 9.17) is 4.98 Å². The third kappa shape index (κ3) is 2.93. The molecule has 140 valence electrons. The largest absolute Gasteiger partial charge is 0.298 e. The summed E-state index contributed by atoms with van der Waals surface area (Å²) in [5.74, 6) is 0.602. The van der Waals surface area contributed by atoms with E-state index in [1.54, 1.807) is 15.9 Å². The van der Waals surface area contributed by atoms with Gasteiger partial charge in [-0.25, -0.2) is 4.98 Å². The van der Waals surface area contributed by atoms with Crippen LogP contribution in [0, 0.1) is 6.92 Å². The molecule has 0 N–H and O–H groups in total. The second-order valence-electron chi connectivity index (χ2n) is 8.12. The normalized spacial score (nSPS) is 25.8. The highest BCUT2D eigenvalue weighted by molar-refractivity contribution is 7.18. The lowest BCUT2D eigenvalue weighted by Gasteiger charge is -2.42. The fraction of sp³-hybridized carbons (Fsp3) is 0.455. The molecule has 0 bridgehead atoms. The van der Waals surface area contributed by atoms with Crippen molar-refractivity contribution in [1.29, 1.82) is 0 Å². The van der Waals surface area contributed by atoms with E-state index in [0.29, 0.717) is 5.92 Å². The monoisotopic (exact) mass is 379 g/mol. The predicted octanol–water partition coefficient (Wildman–Crippen LogP) is 4.49. The maximum atomic E-state index is 12.4. The number of likely N-dealkylation sites (tertiary alicyclic amines) is 1. The fourth-order valence-electron chi connectivity index (χ4n) is 4.62. The Morgan fingerprint density at radius 3 is 2.85 bits per heavy atom. The summed E-state index contributed by atoms with van der Waals surface area (Å²) in [4.78, 5) is 20.0. The van der Waals surface area contributed by atoms with Crippen molar-refractivity contribution >= 4 is 21.6 Å². The molecule has 1 aliphatic heterocycles. The SMILES string of the molecule is Cc1cccn(-c2ccc3nc(C4CC(N5CCCC5C)C4)sc3c2)c1=O. The zero-order valence-electron chi connectivity index (χ0n) is 15.9. The smallest absolute Gasteiger partial charge is 0.257 e. The van der Waals surface area contributed by atoms with Crippen molar-refractivity contribution in [2.24, 2.45) is 0 Å². The Kier molecular flexibility index (Phi) is 4.17. The summed E-state index contributed by atoms with van der Waals surface area (Å²) in [5, 5.41) is 1.27. The van der Waals surface area contributed by atoms with Gasteiger partial charge in [0.05, 0.1) is 20.9 Å². The van der Waals surface area contributed by atoms with Crippen molar-refractivity contribution in [3.63, 3.8) is 0 Å². The summed E-state index contributed by atoms with van der Waals surface area (Å²) in [7, 11) is 0. The Hall–Kier alpha value is -1.98. The first-order valence-electron chi connectivity index (χ1n) is 9.95. The number of thiazole rings is 1. The summed E-state index contributed by atoms with van der Waals surface area (Å²) < 4.78 is 2.90. The summed E-state index contributed by atoms with van der Waals surface area (Å²) in [6.45, 7) is 5.50. The van der Waals surface area contributed by atoms with Gasteiger partial charge in [-0.1, -0.05) is 6.07 Å². The van der Waals surface area contributed by atoms with Crippen molar-refractivity contribution < 1.29 is 0 Å². The van der Waals surface area contributed by atoms with Crippen LogP contribution in [0.1, 0.15) is 49.1 Å². The maximum Gasteiger partial charge on any atom is 0.257 e. The van der Waals surface area contributed by atoms with Crippen LogP contribution in [0.25, 0.3) is 15.9 Å². The van der Waals surface area contributed by atoms with E-state index in [9.17, 15) is 4.79 Å². The maximum absolute atomic E-state index is 12.4. The first-order chi connectivity index (χ1) is 13.1. The molecule has 0 radical (unpaired) electrons. The fourth-order valence-corrected chi connectivity index (χ4v) is 5.75. The summed E-state index contributed by atoms with van der Waals surface area (Å²) >= 11 is 1.80. The number of pyridine rings is 1. The number of benzene rings is 1. The summed E-state index contributed by atoms with van der Waals surface area (Å²) in [6.07, 6.45) is 7.03. The van der Waals surface area contributed by atoms with Crippen LogP contribution in [0.3, 0.4) is 0 Å². The zero-order chi connectivity index (χ0) is 18.5. The molecule has 5 rings (SSSR count). The number of fused-ring (bicyclic) bond motifs is 1. The molecule has 0 spiro atoms. The van der Waals surface area contributed by atoms with Gasteiger partial charge in [0.2, 0.25) is 0 Å². The van der Waals surface area contributed by atoms with Crippen molar-refractivity contribution in [2.75, 3.05) is 6.54 Å². The minimum Gasteiger partial charge on any atom is -0.298 e. The number of nitrogens with zero attached hydrogens (tertiary/aromatic N) is 3. The van der Waals surface area contributed by atoms with Gasteiger partial charge in [-0.2, -0.15) is 0 Å². The summed E-state index contributed by atoms with van der Waals surface area (Å²) in [5.41, 5.74) is 2.78. The van der Waals surface area contributed by atoms with Crippen LogP contribution >= 0.6 is 11.3 Å². The molecule has 2 aromatic heterocycles. The highest BCUT2D eigenvalue weighted by Gasteiger charge is 2.39. The average Bonchev–Trinajstić information content (AvgIpc) is 3.22. The third-order valence-electron chi connectivity index (χ3n) is 6.34. The highest BCUT2D eigenvalue weighted by Crippen LogP contribution is 2.44. The lowest BCUT2D eigenvalue weighted by molar-refractivity contribution is 0.103. The van der Waals surface area contributed by atoms with Crippen LogP contribution in [-0.4, -0.2) is 33.1 Å². The Bertz CT molecular complexity index is 1050. The van der Waals surface area contributed by atoms with Crippen molar-refractivity contribution in [1.82, 2.24) is 14.5 Å². The molecular formula is C22H25N3OS. The van der Waals surface area contributed by atoms with Gasteiger partial charge in [0.15, 0.2) is 0 Å². The Morgan fingerprint density at radius 2 is 2.07 bits per heavy atom. The van der Waals surface area contributed by atoms with E-state index >= 15 is 0 Å². The predicted molar refractivity (Wildman–Crippen MR) is 111 cm³/mol. The molecule has 27 heavy (non-hydrogen) atoms. The lowest BCUT2D eigenvalue weighted by atomic mass is 9.79. The van der Waals surface area contributed by atoms with E-state index in [0.717, 1.165) is 28.9 Å². The molecular weight excluding hydrogens is 354 g/mol. The molecule has 1 atom stereocenters. The second kappa shape index (κ2) is 6.57. The van der Waals surface area contributed by atoms with Gasteiger partial charge in [-0.15, -0.1) is 11.3 Å². The van der Waals surface area contributed by atoms with E-state index in [2.05, 4.69) is 24.0 Å². The van der Waals surface area contributed by atoms with E-state index in [-0.39, 0.29) is 5.56 Å². The van der Waals surface area contributed by atoms with E-state index in [1.807, 2.05) is 31.3 Å². The van der Waals surface area contributed by atoms with Gasteiger partial charge in [0.25, 0.3) is 5.56 Å². The van der Waals surface area contributed by atoms with Crippen LogP contribution in [0.15, 0.2) is 41.3 Å². The Morgan fingerprint density at radius 1 is 1.22 bits per heavy atom. The van der Waals surface area contributed by atoms with Gasteiger partial charge >= 0.3 is 0 Å². The number of hydrogen-bond acceptors (Lipinski definition) is 4. The van der Waals surface area contributed by atoms with Crippen molar-refractivity contribution in [3.8, 4) is 5.69 Å². The quantitative estimate of drug-likeness (QED) is 0.673. The molecule has 1 aromatic carbocycles. The van der Waals surface area contributed by atoms with Gasteiger partial charge in [-0.3, -0.25) is 14.3 Å². The van der Waals surface area contributed by atoms with Crippen LogP contribution in [-0.2, 0) is 0 Å². The Labute approximate surface area is 163 Å². The molecule has 2 aliphatic rings. The molecule has 4 nitrogen and oxygen atoms in total. The molecule has 5 heteroatoms. The minimum absolute atomic E-state index is 0.0446. The molecule has 3 aromatic rings. The van der Waals surface area contributed by atoms with Crippen LogP contribution < -0.4 is 5.56 Å². The van der Waals surface area contributed by atoms with Crippen molar-refractivity contribution in [2.45, 2.75) is 57.5 Å². The average molecular weight is 380 g/mol. The molecule has 1 saturated heterocycles. The lowest BCUT2D eigenvalue weighted by Crippen LogP contribution is -2.45. The molecule has 1 saturated carbocycles. The highest BCUT2D eigenvalue weighted by atomic mass is 32.1. The van der Waals surface area contributed by atoms with Crippen molar-refractivity contribution in [3.05, 3.63) is 57.5 Å². The molecule has 1 unspecified atom stereocenters. The van der Waals surface area contributed by atoms with Gasteiger partial charge in [0.1, 0.15) is 0 Å². The molecule has 1 aliphatic carbocycles. The van der Waals surface area contributed by atoms with Gasteiger partial charge in [-0.05, 0) is 70.3 Å². The zero-order valence-corrected chi connectivity index (χ0v) is 16.7. The molecule has 2 fully saturated rings. The second-order valence-corrected chi connectivity index (χ2v) is 9.18. The van der Waals surface area contributed by atoms with Gasteiger partial charge in [0, 0.05) is 29.8 Å². The number of aryl methyl sites for hydroxylation is 1. The topological polar surface area (TPSA) is 38.1 Å². The van der Waals surface area contributed by atoms with Crippen LogP contribution in [0.5, 0.6) is 0 Å². The first-order valence-corrected chi connectivity index (χ1v) is 10.8. The van der Waals surface area contributed by atoms with E-state index < -0.39 is 0 Å². The summed E-state index contributed by atoms with van der Waals surface area (Å²) in [6, 6.07) is 11.4. The van der Waals surface area contributed by atoms with Crippen LogP contribution in [0.4, 0.5) is 0 Å².